The fourth-order valence-corrected chi connectivity index (χ4v) is 1.13. The Labute approximate surface area is 90.4 Å². The standard InChI is InChI=1S/C10H17BO4/c1-4-5-9(11(13)14)7-6-8(2)10(12)15-3/h4,6,9,13-14H,1,5,7H2,2-3H3. The van der Waals surface area contributed by atoms with Crippen LogP contribution < -0.4 is 0 Å². The molecule has 2 N–H and O–H groups in total. The van der Waals surface area contributed by atoms with Crippen LogP contribution in [0.1, 0.15) is 19.8 Å². The van der Waals surface area contributed by atoms with Crippen LogP contribution >= 0.6 is 0 Å². The minimum Gasteiger partial charge on any atom is -0.466 e. The Kier molecular flexibility index (Phi) is 6.74. The fraction of sp³-hybridized carbons (Fsp3) is 0.500. The van der Waals surface area contributed by atoms with Crippen molar-refractivity contribution in [2.45, 2.75) is 25.6 Å². The quantitative estimate of drug-likeness (QED) is 0.297. The second kappa shape index (κ2) is 7.26. The molecule has 0 aromatic rings. The lowest BCUT2D eigenvalue weighted by Gasteiger charge is -2.11. The lowest BCUT2D eigenvalue weighted by Crippen LogP contribution is -2.19. The van der Waals surface area contributed by atoms with Crippen LogP contribution in [0.4, 0.5) is 0 Å². The topological polar surface area (TPSA) is 66.8 Å². The summed E-state index contributed by atoms with van der Waals surface area (Å²) < 4.78 is 4.51. The highest BCUT2D eigenvalue weighted by atomic mass is 16.5. The van der Waals surface area contributed by atoms with Crippen LogP contribution in [0.3, 0.4) is 0 Å². The van der Waals surface area contributed by atoms with Crippen LogP contribution in [0.2, 0.25) is 5.82 Å². The zero-order valence-corrected chi connectivity index (χ0v) is 9.14. The van der Waals surface area contributed by atoms with Gasteiger partial charge in [-0.2, -0.15) is 0 Å². The van der Waals surface area contributed by atoms with Crippen LogP contribution in [0, 0.1) is 0 Å². The van der Waals surface area contributed by atoms with Crippen molar-refractivity contribution in [3.05, 3.63) is 24.3 Å². The Morgan fingerprint density at radius 2 is 2.13 bits per heavy atom. The van der Waals surface area contributed by atoms with E-state index < -0.39 is 13.1 Å². The second-order valence-corrected chi connectivity index (χ2v) is 3.31. The average Bonchev–Trinajstić information content (AvgIpc) is 2.21. The van der Waals surface area contributed by atoms with Gasteiger partial charge in [-0.05, 0) is 19.8 Å². The first-order chi connectivity index (χ1) is 7.02. The Morgan fingerprint density at radius 1 is 1.53 bits per heavy atom. The van der Waals surface area contributed by atoms with E-state index in [0.29, 0.717) is 18.4 Å². The number of carbonyl (C=O) groups is 1. The monoisotopic (exact) mass is 212 g/mol. The van der Waals surface area contributed by atoms with Crippen LogP contribution in [0.15, 0.2) is 24.3 Å². The molecule has 0 fully saturated rings. The summed E-state index contributed by atoms with van der Waals surface area (Å²) in [6.07, 6.45) is 4.15. The van der Waals surface area contributed by atoms with Crippen molar-refractivity contribution in [3.63, 3.8) is 0 Å². The van der Waals surface area contributed by atoms with Crippen molar-refractivity contribution in [3.8, 4) is 0 Å². The Hall–Kier alpha value is -1.07. The van der Waals surface area contributed by atoms with Crippen molar-refractivity contribution >= 4 is 13.1 Å². The van der Waals surface area contributed by atoms with Crippen molar-refractivity contribution in [1.82, 2.24) is 0 Å². The molecule has 0 rings (SSSR count). The summed E-state index contributed by atoms with van der Waals surface area (Å²) in [5.74, 6) is -0.734. The van der Waals surface area contributed by atoms with E-state index in [1.807, 2.05) is 0 Å². The van der Waals surface area contributed by atoms with Crippen LogP contribution in [-0.4, -0.2) is 30.2 Å². The molecule has 1 atom stereocenters. The number of ether oxygens (including phenoxy) is 1. The third kappa shape index (κ3) is 5.39. The Balaban J connectivity index is 4.30. The molecule has 0 spiro atoms. The van der Waals surface area contributed by atoms with Crippen LogP contribution in [-0.2, 0) is 9.53 Å². The summed E-state index contributed by atoms with van der Waals surface area (Å²) in [4.78, 5) is 11.0. The van der Waals surface area contributed by atoms with E-state index in [1.165, 1.54) is 7.11 Å². The fourth-order valence-electron chi connectivity index (χ4n) is 1.13. The van der Waals surface area contributed by atoms with E-state index in [4.69, 9.17) is 10.0 Å². The molecule has 0 aliphatic carbocycles. The number of esters is 1. The number of allylic oxidation sites excluding steroid dienone is 2. The summed E-state index contributed by atoms with van der Waals surface area (Å²) in [7, 11) is -0.0911. The van der Waals surface area contributed by atoms with Gasteiger partial charge < -0.3 is 14.8 Å². The SMILES string of the molecule is C=CCC(CC=C(C)C(=O)OC)B(O)O. The van der Waals surface area contributed by atoms with E-state index in [2.05, 4.69) is 11.3 Å². The molecule has 0 saturated heterocycles. The van der Waals surface area contributed by atoms with Gasteiger partial charge in [-0.15, -0.1) is 6.58 Å². The van der Waals surface area contributed by atoms with Gasteiger partial charge >= 0.3 is 13.1 Å². The third-order valence-corrected chi connectivity index (χ3v) is 2.13. The molecular formula is C10H17BO4. The first-order valence-electron chi connectivity index (χ1n) is 4.75. The van der Waals surface area contributed by atoms with Crippen LogP contribution in [0.25, 0.3) is 0 Å². The average molecular weight is 212 g/mol. The molecule has 0 aromatic carbocycles. The molecule has 0 saturated carbocycles. The van der Waals surface area contributed by atoms with E-state index >= 15 is 0 Å². The summed E-state index contributed by atoms with van der Waals surface area (Å²) >= 11 is 0. The predicted molar refractivity (Wildman–Crippen MR) is 59.1 cm³/mol. The van der Waals surface area contributed by atoms with E-state index in [0.717, 1.165) is 0 Å². The first-order valence-corrected chi connectivity index (χ1v) is 4.75. The summed E-state index contributed by atoms with van der Waals surface area (Å²) in [5, 5.41) is 18.0. The highest BCUT2D eigenvalue weighted by Crippen LogP contribution is 2.19. The van der Waals surface area contributed by atoms with E-state index in [1.54, 1.807) is 19.1 Å². The zero-order chi connectivity index (χ0) is 11.8. The minimum atomic E-state index is -1.40. The molecule has 4 nitrogen and oxygen atoms in total. The number of methoxy groups -OCH3 is 1. The zero-order valence-electron chi connectivity index (χ0n) is 9.14. The van der Waals surface area contributed by atoms with Gasteiger partial charge in [-0.25, -0.2) is 4.79 Å². The van der Waals surface area contributed by atoms with Gasteiger partial charge in [0.1, 0.15) is 0 Å². The normalized spacial score (nSPS) is 13.2. The molecule has 0 aromatic heterocycles. The van der Waals surface area contributed by atoms with Gasteiger partial charge in [-0.3, -0.25) is 0 Å². The molecular weight excluding hydrogens is 195 g/mol. The lowest BCUT2D eigenvalue weighted by molar-refractivity contribution is -0.136. The minimum absolute atomic E-state index is 0.331. The van der Waals surface area contributed by atoms with Gasteiger partial charge in [0, 0.05) is 11.4 Å². The smallest absolute Gasteiger partial charge is 0.455 e. The van der Waals surface area contributed by atoms with Gasteiger partial charge in [0.05, 0.1) is 7.11 Å². The van der Waals surface area contributed by atoms with Crippen molar-refractivity contribution in [2.75, 3.05) is 7.11 Å². The number of rotatable bonds is 6. The van der Waals surface area contributed by atoms with Gasteiger partial charge in [0.2, 0.25) is 0 Å². The molecule has 0 bridgehead atoms. The number of hydrogen-bond acceptors (Lipinski definition) is 4. The molecule has 0 aliphatic heterocycles. The first kappa shape index (κ1) is 13.9. The molecule has 5 heteroatoms. The summed E-state index contributed by atoms with van der Waals surface area (Å²) in [6, 6.07) is 0. The second-order valence-electron chi connectivity index (χ2n) is 3.31. The maximum absolute atomic E-state index is 11.0. The van der Waals surface area contributed by atoms with Crippen molar-refractivity contribution in [1.29, 1.82) is 0 Å². The largest absolute Gasteiger partial charge is 0.466 e. The number of hydrogen-bond donors (Lipinski definition) is 2. The lowest BCUT2D eigenvalue weighted by atomic mass is 9.69. The number of carbonyl (C=O) groups excluding carboxylic acids is 1. The van der Waals surface area contributed by atoms with Crippen molar-refractivity contribution < 1.29 is 19.6 Å². The molecule has 0 amide bonds. The maximum atomic E-state index is 11.0. The molecule has 0 radical (unpaired) electrons. The predicted octanol–water partition coefficient (Wildman–Crippen LogP) is 0.915. The molecule has 1 unspecified atom stereocenters. The highest BCUT2D eigenvalue weighted by molar-refractivity contribution is 6.43. The van der Waals surface area contributed by atoms with Gasteiger partial charge in [0.25, 0.3) is 0 Å². The summed E-state index contributed by atoms with van der Waals surface area (Å²) in [5.41, 5.74) is 0.465. The van der Waals surface area contributed by atoms with Gasteiger partial charge in [-0.1, -0.05) is 12.2 Å². The van der Waals surface area contributed by atoms with Crippen LogP contribution in [0.5, 0.6) is 0 Å². The molecule has 84 valence electrons. The van der Waals surface area contributed by atoms with E-state index in [9.17, 15) is 4.79 Å². The third-order valence-electron chi connectivity index (χ3n) is 2.13. The maximum Gasteiger partial charge on any atom is 0.455 e. The summed E-state index contributed by atoms with van der Waals surface area (Å²) in [6.45, 7) is 5.15. The molecule has 0 heterocycles. The van der Waals surface area contributed by atoms with Gasteiger partial charge in [0.15, 0.2) is 0 Å². The Morgan fingerprint density at radius 3 is 2.53 bits per heavy atom. The van der Waals surface area contributed by atoms with E-state index in [-0.39, 0.29) is 5.82 Å². The molecule has 0 aliphatic rings. The van der Waals surface area contributed by atoms with Crippen molar-refractivity contribution in [2.24, 2.45) is 0 Å². The molecule has 15 heavy (non-hydrogen) atoms. The Bertz CT molecular complexity index is 248. The highest BCUT2D eigenvalue weighted by Gasteiger charge is 2.20.